The van der Waals surface area contributed by atoms with E-state index in [0.29, 0.717) is 5.76 Å². The van der Waals surface area contributed by atoms with Crippen molar-refractivity contribution in [1.29, 1.82) is 0 Å². The van der Waals surface area contributed by atoms with E-state index < -0.39 is 0 Å². The summed E-state index contributed by atoms with van der Waals surface area (Å²) in [5, 5.41) is 3.44. The van der Waals surface area contributed by atoms with E-state index in [9.17, 15) is 4.79 Å². The number of piperazine rings is 1. The number of fused-ring (bicyclic) bond motifs is 1. The van der Waals surface area contributed by atoms with Gasteiger partial charge in [0.25, 0.3) is 0 Å². The topological polar surface area (TPSA) is 74.6 Å². The van der Waals surface area contributed by atoms with Crippen molar-refractivity contribution in [2.75, 3.05) is 26.2 Å². The van der Waals surface area contributed by atoms with Crippen LogP contribution in [0.15, 0.2) is 52.0 Å². The van der Waals surface area contributed by atoms with Gasteiger partial charge in [0.15, 0.2) is 11.5 Å². The normalized spacial score (nSPS) is 13.9. The quantitative estimate of drug-likeness (QED) is 0.523. The van der Waals surface area contributed by atoms with Gasteiger partial charge in [-0.3, -0.25) is 9.78 Å². The molecule has 1 aromatic carbocycles. The fourth-order valence-corrected chi connectivity index (χ4v) is 3.11. The molecule has 0 bridgehead atoms. The Balaban J connectivity index is 0.000000205. The van der Waals surface area contributed by atoms with Crippen molar-refractivity contribution in [2.45, 2.75) is 13.5 Å². The van der Waals surface area contributed by atoms with Gasteiger partial charge in [-0.15, -0.1) is 18.2 Å². The zero-order valence-corrected chi connectivity index (χ0v) is 19.0. The van der Waals surface area contributed by atoms with E-state index in [1.165, 1.54) is 22.8 Å². The number of nitrogens with one attached hydrogen (secondary N) is 2. The second-order valence-corrected chi connectivity index (χ2v) is 6.68. The maximum atomic E-state index is 11.5. The summed E-state index contributed by atoms with van der Waals surface area (Å²) in [6.45, 7) is 7.34. The van der Waals surface area contributed by atoms with Crippen LogP contribution >= 0.6 is 0 Å². The molecule has 1 radical (unpaired) electrons. The molecule has 1 saturated heterocycles. The molecule has 0 saturated carbocycles. The van der Waals surface area contributed by atoms with E-state index in [1.54, 1.807) is 0 Å². The smallest absolute Gasteiger partial charge is 0.224 e. The van der Waals surface area contributed by atoms with Crippen LogP contribution < -0.4 is 25.4 Å². The van der Waals surface area contributed by atoms with E-state index in [0.717, 1.165) is 43.6 Å². The van der Waals surface area contributed by atoms with Crippen molar-refractivity contribution in [1.82, 2.24) is 0 Å². The van der Waals surface area contributed by atoms with E-state index in [4.69, 9.17) is 4.42 Å². The van der Waals surface area contributed by atoms with Crippen LogP contribution in [0.2, 0.25) is 0 Å². The Labute approximate surface area is 190 Å². The summed E-state index contributed by atoms with van der Waals surface area (Å²) in [4.78, 5) is 16.1. The maximum absolute atomic E-state index is 11.5. The number of H-pyrrole nitrogens is 1. The fourth-order valence-electron chi connectivity index (χ4n) is 3.11. The molecule has 3 heterocycles. The van der Waals surface area contributed by atoms with Gasteiger partial charge in [0.2, 0.25) is 5.43 Å². The third-order valence-corrected chi connectivity index (χ3v) is 4.57. The van der Waals surface area contributed by atoms with Crippen LogP contribution in [0, 0.1) is 20.1 Å². The van der Waals surface area contributed by atoms with Crippen molar-refractivity contribution in [3.05, 3.63) is 77.5 Å². The number of aromatic nitrogens is 1. The van der Waals surface area contributed by atoms with Crippen LogP contribution in [0.25, 0.3) is 10.9 Å². The van der Waals surface area contributed by atoms with Gasteiger partial charge in [0.1, 0.15) is 44.5 Å². The van der Waals surface area contributed by atoms with Gasteiger partial charge in [-0.05, 0) is 13.0 Å². The molecule has 3 aromatic rings. The van der Waals surface area contributed by atoms with Gasteiger partial charge in [-0.25, -0.2) is 0 Å². The van der Waals surface area contributed by atoms with E-state index in [1.807, 2.05) is 12.3 Å². The van der Waals surface area contributed by atoms with Gasteiger partial charge < -0.3 is 19.4 Å². The predicted octanol–water partition coefficient (Wildman–Crippen LogP) is -0.468. The number of hydrogen-bond donors (Lipinski definition) is 2. The van der Waals surface area contributed by atoms with Crippen LogP contribution in [0.1, 0.15) is 11.3 Å². The Morgan fingerprint density at radius 1 is 1.32 bits per heavy atom. The molecule has 1 aliphatic heterocycles. The van der Waals surface area contributed by atoms with E-state index in [-0.39, 0.29) is 43.9 Å². The molecule has 0 unspecified atom stereocenters. The number of aromatic amines is 1. The zero-order valence-electron chi connectivity index (χ0n) is 16.2. The molecule has 0 atom stereocenters. The number of quaternary nitrogens is 2. The first-order valence-corrected chi connectivity index (χ1v) is 9.13. The van der Waals surface area contributed by atoms with Crippen LogP contribution in [-0.4, -0.2) is 26.2 Å². The minimum atomic E-state index is -0.167. The molecule has 28 heavy (non-hydrogen) atoms. The van der Waals surface area contributed by atoms with Crippen LogP contribution in [0.3, 0.4) is 0 Å². The van der Waals surface area contributed by atoms with Crippen LogP contribution in [0.4, 0.5) is 0 Å². The summed E-state index contributed by atoms with van der Waals surface area (Å²) in [6, 6.07) is 12.8. The number of rotatable bonds is 3. The molecule has 1 fully saturated rings. The molecule has 7 heteroatoms. The molecular formula is C21H26N3O3Y+. The summed E-state index contributed by atoms with van der Waals surface area (Å²) >= 11 is 0. The Hall–Kier alpha value is -1.60. The minimum absolute atomic E-state index is 0. The molecule has 0 aliphatic carbocycles. The SMILES string of the molecule is Cc1ccc2[c-]cc[nH+]c2c1.[CH2-]Oc1coc(C[NH+]2CC[NH2+]CC2)cc1=O.[Y]. The Kier molecular flexibility index (Phi) is 9.25. The number of hydrogen-bond acceptors (Lipinski definition) is 3. The molecule has 145 valence electrons. The third kappa shape index (κ3) is 6.48. The molecule has 1 aliphatic rings. The molecule has 4 N–H and O–H groups in total. The number of pyridine rings is 1. The van der Waals surface area contributed by atoms with Crippen molar-refractivity contribution < 1.29 is 57.1 Å². The molecule has 0 spiro atoms. The Morgan fingerprint density at radius 3 is 2.82 bits per heavy atom. The van der Waals surface area contributed by atoms with Gasteiger partial charge in [0, 0.05) is 38.8 Å². The Morgan fingerprint density at radius 2 is 2.11 bits per heavy atom. The first-order chi connectivity index (χ1) is 13.2. The van der Waals surface area contributed by atoms with Crippen LogP contribution in [-0.2, 0) is 39.3 Å². The Bertz CT molecular complexity index is 939. The predicted molar refractivity (Wildman–Crippen MR) is 101 cm³/mol. The van der Waals surface area contributed by atoms with Gasteiger partial charge in [0.05, 0.1) is 6.20 Å². The number of benzene rings is 1. The van der Waals surface area contributed by atoms with Gasteiger partial charge in [-0.2, -0.15) is 7.11 Å². The summed E-state index contributed by atoms with van der Waals surface area (Å²) in [6.07, 6.45) is 3.22. The number of aryl methyl sites for hydroxylation is 1. The van der Waals surface area contributed by atoms with Crippen LogP contribution in [0.5, 0.6) is 5.75 Å². The number of ether oxygens (including phenoxy) is 1. The summed E-state index contributed by atoms with van der Waals surface area (Å²) < 4.78 is 9.96. The standard InChI is InChI=1S/C11H15N2O3.C10H8N.Y/c1-15-11-8-16-9(6-10(11)14)7-13-4-2-12-3-5-13;1-8-4-5-9-3-2-6-11-10(9)7-8;/h6,8,12H,1-5,7H2;2,4-7H,1H3;/q2*-1;/p+3. The summed E-state index contributed by atoms with van der Waals surface area (Å²) in [5.41, 5.74) is 2.25. The summed E-state index contributed by atoms with van der Waals surface area (Å²) in [7, 11) is 3.19. The molecular weight excluding hydrogens is 431 g/mol. The average Bonchev–Trinajstić information content (AvgIpc) is 2.69. The van der Waals surface area contributed by atoms with Crippen molar-refractivity contribution in [3.8, 4) is 5.75 Å². The fraction of sp³-hybridized carbons (Fsp3) is 0.286. The van der Waals surface area contributed by atoms with E-state index in [2.05, 4.69) is 53.3 Å². The minimum Gasteiger partial charge on any atom is -0.661 e. The number of nitrogens with two attached hydrogens (primary N) is 1. The average molecular weight is 457 g/mol. The monoisotopic (exact) mass is 457 g/mol. The zero-order chi connectivity index (χ0) is 19.1. The van der Waals surface area contributed by atoms with Gasteiger partial charge >= 0.3 is 0 Å². The van der Waals surface area contributed by atoms with Crippen molar-refractivity contribution in [2.24, 2.45) is 0 Å². The third-order valence-electron chi connectivity index (χ3n) is 4.57. The van der Waals surface area contributed by atoms with Crippen molar-refractivity contribution in [3.63, 3.8) is 0 Å². The van der Waals surface area contributed by atoms with Crippen molar-refractivity contribution >= 4 is 10.9 Å². The van der Waals surface area contributed by atoms with E-state index >= 15 is 0 Å². The molecule has 6 nitrogen and oxygen atoms in total. The maximum Gasteiger partial charge on any atom is 0.224 e. The van der Waals surface area contributed by atoms with Gasteiger partial charge in [-0.1, -0.05) is 17.0 Å². The largest absolute Gasteiger partial charge is 0.661 e. The molecule has 2 aromatic heterocycles. The summed E-state index contributed by atoms with van der Waals surface area (Å²) in [5.74, 6) is 0.869. The second kappa shape index (κ2) is 11.4. The first-order valence-electron chi connectivity index (χ1n) is 9.13. The second-order valence-electron chi connectivity index (χ2n) is 6.68. The molecule has 4 rings (SSSR count). The first kappa shape index (κ1) is 22.7. The molecule has 0 amide bonds.